The Morgan fingerprint density at radius 3 is 2.58 bits per heavy atom. The van der Waals surface area contributed by atoms with Crippen LogP contribution < -0.4 is 10.7 Å². The molecule has 0 saturated heterocycles. The van der Waals surface area contributed by atoms with Gasteiger partial charge in [-0.15, -0.1) is 0 Å². The van der Waals surface area contributed by atoms with Crippen molar-refractivity contribution < 1.29 is 14.0 Å². The lowest BCUT2D eigenvalue weighted by molar-refractivity contribution is -0.126. The number of carbonyl (C=O) groups is 2. The third-order valence-corrected chi connectivity index (χ3v) is 3.68. The van der Waals surface area contributed by atoms with E-state index < -0.39 is 24.1 Å². The normalized spacial score (nSPS) is 10.6. The summed E-state index contributed by atoms with van der Waals surface area (Å²) >= 11 is 11.8. The minimum Gasteiger partial charge on any atom is -0.323 e. The Labute approximate surface area is 147 Å². The highest BCUT2D eigenvalue weighted by molar-refractivity contribution is 6.43. The van der Waals surface area contributed by atoms with E-state index in [1.54, 1.807) is 24.3 Å². The first-order valence-corrected chi connectivity index (χ1v) is 7.53. The number of nitrogens with zero attached hydrogens (tertiary/aromatic N) is 1. The smallest absolute Gasteiger partial charge is 0.249 e. The summed E-state index contributed by atoms with van der Waals surface area (Å²) in [6, 6.07) is 10.6. The number of nitrogens with one attached hydrogen (secondary N) is 2. The van der Waals surface area contributed by atoms with Crippen molar-refractivity contribution >= 4 is 46.9 Å². The third kappa shape index (κ3) is 5.04. The first-order chi connectivity index (χ1) is 11.5. The average Bonchev–Trinajstić information content (AvgIpc) is 2.53. The van der Waals surface area contributed by atoms with Crippen molar-refractivity contribution in [2.75, 3.05) is 5.32 Å². The molecule has 2 N–H and O–H groups in total. The van der Waals surface area contributed by atoms with Crippen LogP contribution in [0.1, 0.15) is 12.0 Å². The fraction of sp³-hybridized carbons (Fsp3) is 0.0625. The second kappa shape index (κ2) is 8.42. The first-order valence-electron chi connectivity index (χ1n) is 6.77. The zero-order chi connectivity index (χ0) is 17.5. The fourth-order valence-electron chi connectivity index (χ4n) is 1.74. The molecule has 0 aliphatic rings. The lowest BCUT2D eigenvalue weighted by atomic mass is 10.2. The number of benzene rings is 2. The lowest BCUT2D eigenvalue weighted by Crippen LogP contribution is -2.24. The van der Waals surface area contributed by atoms with Crippen molar-refractivity contribution in [3.8, 4) is 0 Å². The molecular formula is C16H12Cl2FN3O2. The highest BCUT2D eigenvalue weighted by Gasteiger charge is 2.11. The van der Waals surface area contributed by atoms with Crippen LogP contribution >= 0.6 is 23.2 Å². The highest BCUT2D eigenvalue weighted by Crippen LogP contribution is 2.24. The van der Waals surface area contributed by atoms with Crippen LogP contribution in [-0.2, 0) is 9.59 Å². The largest absolute Gasteiger partial charge is 0.323 e. The van der Waals surface area contributed by atoms with Gasteiger partial charge < -0.3 is 5.32 Å². The van der Waals surface area contributed by atoms with Gasteiger partial charge in [-0.2, -0.15) is 5.10 Å². The fourth-order valence-corrected chi connectivity index (χ4v) is 2.09. The van der Waals surface area contributed by atoms with E-state index in [1.165, 1.54) is 24.4 Å². The van der Waals surface area contributed by atoms with Crippen LogP contribution in [0.2, 0.25) is 10.0 Å². The Morgan fingerprint density at radius 2 is 1.83 bits per heavy atom. The molecule has 0 spiro atoms. The predicted molar refractivity (Wildman–Crippen MR) is 91.8 cm³/mol. The standard InChI is InChI=1S/C16H12Cl2FN3O2/c17-11-5-3-4-10(16(11)18)9-20-22-15(24)8-14(23)21-13-7-2-1-6-12(13)19/h1-7,9H,8H2,(H,21,23)(H,22,24). The molecule has 8 heteroatoms. The maximum Gasteiger partial charge on any atom is 0.249 e. The van der Waals surface area contributed by atoms with Gasteiger partial charge in [-0.1, -0.05) is 47.5 Å². The van der Waals surface area contributed by atoms with Gasteiger partial charge in [0.1, 0.15) is 12.2 Å². The molecule has 0 atom stereocenters. The maximum atomic E-state index is 13.4. The summed E-state index contributed by atoms with van der Waals surface area (Å²) in [4.78, 5) is 23.3. The molecule has 2 rings (SSSR count). The van der Waals surface area contributed by atoms with E-state index >= 15 is 0 Å². The minimum atomic E-state index is -0.659. The second-order valence-corrected chi connectivity index (χ2v) is 5.43. The topological polar surface area (TPSA) is 70.6 Å². The lowest BCUT2D eigenvalue weighted by Gasteiger charge is -2.05. The summed E-state index contributed by atoms with van der Waals surface area (Å²) in [6.07, 6.45) is 0.801. The number of carbonyl (C=O) groups excluding carboxylic acids is 2. The number of hydrogen-bond donors (Lipinski definition) is 2. The summed E-state index contributed by atoms with van der Waals surface area (Å²) in [5.41, 5.74) is 2.70. The van der Waals surface area contributed by atoms with Crippen LogP contribution in [0.15, 0.2) is 47.6 Å². The zero-order valence-corrected chi connectivity index (χ0v) is 13.7. The first kappa shape index (κ1) is 17.9. The molecule has 0 aliphatic heterocycles. The summed E-state index contributed by atoms with van der Waals surface area (Å²) in [5, 5.41) is 6.66. The van der Waals surface area contributed by atoms with Gasteiger partial charge in [0.05, 0.1) is 21.9 Å². The molecule has 0 bridgehead atoms. The Morgan fingerprint density at radius 1 is 1.08 bits per heavy atom. The van der Waals surface area contributed by atoms with Crippen LogP contribution in [0, 0.1) is 5.82 Å². The van der Waals surface area contributed by atoms with Gasteiger partial charge >= 0.3 is 0 Å². The van der Waals surface area contributed by atoms with E-state index in [0.29, 0.717) is 15.6 Å². The van der Waals surface area contributed by atoms with Crippen LogP contribution in [-0.4, -0.2) is 18.0 Å². The zero-order valence-electron chi connectivity index (χ0n) is 12.2. The van der Waals surface area contributed by atoms with E-state index in [2.05, 4.69) is 15.8 Å². The summed E-state index contributed by atoms with van der Waals surface area (Å²) in [6.45, 7) is 0. The average molecular weight is 368 g/mol. The molecule has 24 heavy (non-hydrogen) atoms. The molecule has 0 saturated carbocycles. The van der Waals surface area contributed by atoms with Gasteiger partial charge in [0.2, 0.25) is 11.8 Å². The highest BCUT2D eigenvalue weighted by atomic mass is 35.5. The number of anilines is 1. The van der Waals surface area contributed by atoms with E-state index in [0.717, 1.165) is 0 Å². The number of amides is 2. The van der Waals surface area contributed by atoms with Gasteiger partial charge in [0.25, 0.3) is 0 Å². The number of hydrazone groups is 1. The van der Waals surface area contributed by atoms with Crippen molar-refractivity contribution in [3.63, 3.8) is 0 Å². The number of rotatable bonds is 5. The van der Waals surface area contributed by atoms with Gasteiger partial charge in [0.15, 0.2) is 0 Å². The molecular weight excluding hydrogens is 356 g/mol. The van der Waals surface area contributed by atoms with Crippen LogP contribution in [0.5, 0.6) is 0 Å². The molecule has 5 nitrogen and oxygen atoms in total. The van der Waals surface area contributed by atoms with E-state index in [1.807, 2.05) is 0 Å². The van der Waals surface area contributed by atoms with E-state index in [9.17, 15) is 14.0 Å². The van der Waals surface area contributed by atoms with Crippen molar-refractivity contribution in [1.29, 1.82) is 0 Å². The summed E-state index contributed by atoms with van der Waals surface area (Å²) in [7, 11) is 0. The number of para-hydroxylation sites is 1. The monoisotopic (exact) mass is 367 g/mol. The molecule has 2 aromatic carbocycles. The van der Waals surface area contributed by atoms with Gasteiger partial charge in [0, 0.05) is 5.56 Å². The third-order valence-electron chi connectivity index (χ3n) is 2.84. The van der Waals surface area contributed by atoms with E-state index in [4.69, 9.17) is 23.2 Å². The molecule has 0 heterocycles. The van der Waals surface area contributed by atoms with Crippen molar-refractivity contribution in [2.24, 2.45) is 5.10 Å². The van der Waals surface area contributed by atoms with Crippen LogP contribution in [0.4, 0.5) is 10.1 Å². The molecule has 0 aliphatic carbocycles. The van der Waals surface area contributed by atoms with Gasteiger partial charge in [-0.05, 0) is 18.2 Å². The molecule has 0 unspecified atom stereocenters. The molecule has 124 valence electrons. The molecule has 0 fully saturated rings. The molecule has 2 aromatic rings. The van der Waals surface area contributed by atoms with Crippen molar-refractivity contribution in [3.05, 3.63) is 63.9 Å². The van der Waals surface area contributed by atoms with Crippen LogP contribution in [0.25, 0.3) is 0 Å². The predicted octanol–water partition coefficient (Wildman–Crippen LogP) is 3.61. The van der Waals surface area contributed by atoms with Crippen molar-refractivity contribution in [2.45, 2.75) is 6.42 Å². The quantitative estimate of drug-likeness (QED) is 0.481. The summed E-state index contributed by atoms with van der Waals surface area (Å²) in [5.74, 6) is -1.90. The minimum absolute atomic E-state index is 0.00418. The molecule has 0 radical (unpaired) electrons. The number of halogens is 3. The number of hydrogen-bond acceptors (Lipinski definition) is 3. The SMILES string of the molecule is O=C(CC(=O)Nc1ccccc1F)NN=Cc1cccc(Cl)c1Cl. The summed E-state index contributed by atoms with van der Waals surface area (Å²) < 4.78 is 13.4. The van der Waals surface area contributed by atoms with Gasteiger partial charge in [-0.3, -0.25) is 9.59 Å². The Balaban J connectivity index is 1.87. The Hall–Kier alpha value is -2.44. The van der Waals surface area contributed by atoms with E-state index in [-0.39, 0.29) is 5.69 Å². The second-order valence-electron chi connectivity index (χ2n) is 4.64. The Bertz CT molecular complexity index is 797. The molecule has 0 aromatic heterocycles. The maximum absolute atomic E-state index is 13.4. The van der Waals surface area contributed by atoms with Gasteiger partial charge in [-0.25, -0.2) is 9.82 Å². The van der Waals surface area contributed by atoms with Crippen LogP contribution in [0.3, 0.4) is 0 Å². The molecule has 2 amide bonds. The Kier molecular flexibility index (Phi) is 6.28. The van der Waals surface area contributed by atoms with Crippen molar-refractivity contribution in [1.82, 2.24) is 5.43 Å².